The molecule has 0 radical (unpaired) electrons. The van der Waals surface area contributed by atoms with Gasteiger partial charge in [-0.15, -0.1) is 6.58 Å². The summed E-state index contributed by atoms with van der Waals surface area (Å²) in [5.74, 6) is -0.361. The van der Waals surface area contributed by atoms with E-state index in [1.54, 1.807) is 6.07 Å². The summed E-state index contributed by atoms with van der Waals surface area (Å²) < 4.78 is 13.3. The van der Waals surface area contributed by atoms with Crippen LogP contribution in [0, 0.1) is 5.82 Å². The van der Waals surface area contributed by atoms with Crippen LogP contribution in [0.3, 0.4) is 0 Å². The van der Waals surface area contributed by atoms with Crippen molar-refractivity contribution in [3.8, 4) is 0 Å². The molecular formula is C15H20ClFN2. The highest BCUT2D eigenvalue weighted by Crippen LogP contribution is 2.30. The molecule has 1 aromatic carbocycles. The Morgan fingerprint density at radius 2 is 2.16 bits per heavy atom. The third-order valence-corrected chi connectivity index (χ3v) is 3.75. The lowest BCUT2D eigenvalue weighted by atomic mass is 9.98. The van der Waals surface area contributed by atoms with Crippen LogP contribution in [-0.4, -0.2) is 31.1 Å². The lowest BCUT2D eigenvalue weighted by Crippen LogP contribution is -2.45. The van der Waals surface area contributed by atoms with Crippen LogP contribution in [-0.2, 0) is 0 Å². The molecule has 2 rings (SSSR count). The van der Waals surface area contributed by atoms with Gasteiger partial charge in [-0.25, -0.2) is 4.39 Å². The van der Waals surface area contributed by atoms with Gasteiger partial charge in [0.2, 0.25) is 0 Å². The molecule has 0 aromatic heterocycles. The van der Waals surface area contributed by atoms with Crippen LogP contribution in [0.2, 0.25) is 5.02 Å². The summed E-state index contributed by atoms with van der Waals surface area (Å²) in [7, 11) is 0. The van der Waals surface area contributed by atoms with Gasteiger partial charge in [-0.05, 0) is 31.0 Å². The summed E-state index contributed by atoms with van der Waals surface area (Å²) in [6.45, 7) is 10.00. The maximum atomic E-state index is 13.3. The molecule has 1 saturated heterocycles. The molecule has 0 amide bonds. The van der Waals surface area contributed by atoms with Crippen LogP contribution in [0.5, 0.6) is 0 Å². The van der Waals surface area contributed by atoms with E-state index in [0.717, 1.165) is 43.7 Å². The molecule has 1 atom stereocenters. The molecule has 0 bridgehead atoms. The first kappa shape index (κ1) is 14.5. The van der Waals surface area contributed by atoms with Gasteiger partial charge in [0.15, 0.2) is 0 Å². The van der Waals surface area contributed by atoms with E-state index in [2.05, 4.69) is 16.8 Å². The monoisotopic (exact) mass is 282 g/mol. The van der Waals surface area contributed by atoms with Crippen molar-refractivity contribution in [2.24, 2.45) is 0 Å². The molecular weight excluding hydrogens is 263 g/mol. The molecule has 2 nitrogen and oxygen atoms in total. The Morgan fingerprint density at radius 3 is 2.74 bits per heavy atom. The van der Waals surface area contributed by atoms with Gasteiger partial charge in [0.1, 0.15) is 5.82 Å². The Balaban J connectivity index is 2.24. The van der Waals surface area contributed by atoms with E-state index < -0.39 is 0 Å². The molecule has 1 heterocycles. The zero-order valence-corrected chi connectivity index (χ0v) is 12.0. The van der Waals surface area contributed by atoms with Gasteiger partial charge in [-0.2, -0.15) is 0 Å². The minimum atomic E-state index is -0.361. The quantitative estimate of drug-likeness (QED) is 0.852. The highest BCUT2D eigenvalue weighted by molar-refractivity contribution is 6.30. The fourth-order valence-electron chi connectivity index (χ4n) is 2.50. The van der Waals surface area contributed by atoms with Gasteiger partial charge in [0.05, 0.1) is 5.02 Å². The Labute approximate surface area is 119 Å². The van der Waals surface area contributed by atoms with E-state index >= 15 is 0 Å². The van der Waals surface area contributed by atoms with E-state index in [-0.39, 0.29) is 16.9 Å². The summed E-state index contributed by atoms with van der Waals surface area (Å²) in [6.07, 6.45) is 0.877. The van der Waals surface area contributed by atoms with Crippen molar-refractivity contribution >= 4 is 11.6 Å². The molecule has 0 saturated carbocycles. The number of hydrogen-bond donors (Lipinski definition) is 1. The number of nitrogens with zero attached hydrogens (tertiary/aromatic N) is 1. The standard InChI is InChI=1S/C15H20ClFN2/c1-11(2)9-15(19-7-5-18-6-8-19)12-3-4-14(17)13(16)10-12/h3-4,10,15,18H,1,5-9H2,2H3/t15-/m1/s1. The molecule has 1 aromatic rings. The van der Waals surface area contributed by atoms with Gasteiger partial charge < -0.3 is 5.32 Å². The fraction of sp³-hybridized carbons (Fsp3) is 0.467. The average molecular weight is 283 g/mol. The van der Waals surface area contributed by atoms with E-state index in [0.29, 0.717) is 0 Å². The lowest BCUT2D eigenvalue weighted by Gasteiger charge is -2.35. The minimum absolute atomic E-state index is 0.194. The summed E-state index contributed by atoms with van der Waals surface area (Å²) >= 11 is 5.91. The maximum absolute atomic E-state index is 13.3. The van der Waals surface area contributed by atoms with Gasteiger partial charge in [-0.1, -0.05) is 23.2 Å². The number of benzene rings is 1. The van der Waals surface area contributed by atoms with Crippen molar-refractivity contribution in [2.75, 3.05) is 26.2 Å². The molecule has 0 spiro atoms. The van der Waals surface area contributed by atoms with Crippen LogP contribution in [0.1, 0.15) is 24.9 Å². The molecule has 19 heavy (non-hydrogen) atoms. The first-order valence-corrected chi connectivity index (χ1v) is 7.00. The molecule has 4 heteroatoms. The molecule has 0 unspecified atom stereocenters. The normalized spacial score (nSPS) is 18.3. The second-order valence-corrected chi connectivity index (χ2v) is 5.54. The topological polar surface area (TPSA) is 15.3 Å². The summed E-state index contributed by atoms with van der Waals surface area (Å²) in [4.78, 5) is 2.41. The van der Waals surface area contributed by atoms with Crippen molar-refractivity contribution < 1.29 is 4.39 Å². The summed E-state index contributed by atoms with van der Waals surface area (Å²) in [5.41, 5.74) is 2.19. The summed E-state index contributed by atoms with van der Waals surface area (Å²) in [5, 5.41) is 3.54. The van der Waals surface area contributed by atoms with Gasteiger partial charge >= 0.3 is 0 Å². The van der Waals surface area contributed by atoms with E-state index in [1.165, 1.54) is 6.07 Å². The van der Waals surface area contributed by atoms with Crippen LogP contribution < -0.4 is 5.32 Å². The molecule has 104 valence electrons. The maximum Gasteiger partial charge on any atom is 0.141 e. The number of nitrogens with one attached hydrogen (secondary N) is 1. The van der Waals surface area contributed by atoms with Gasteiger partial charge in [0, 0.05) is 32.2 Å². The number of hydrogen-bond acceptors (Lipinski definition) is 2. The predicted octanol–water partition coefficient (Wildman–Crippen LogP) is 3.39. The first-order valence-electron chi connectivity index (χ1n) is 6.62. The highest BCUT2D eigenvalue weighted by atomic mass is 35.5. The van der Waals surface area contributed by atoms with E-state index in [9.17, 15) is 4.39 Å². The second-order valence-electron chi connectivity index (χ2n) is 5.14. The largest absolute Gasteiger partial charge is 0.314 e. The van der Waals surface area contributed by atoms with Crippen LogP contribution in [0.25, 0.3) is 0 Å². The second kappa shape index (κ2) is 6.51. The molecule has 1 aliphatic heterocycles. The average Bonchev–Trinajstić information content (AvgIpc) is 2.40. The summed E-state index contributed by atoms with van der Waals surface area (Å²) in [6, 6.07) is 5.26. The van der Waals surface area contributed by atoms with Crippen molar-refractivity contribution in [3.63, 3.8) is 0 Å². The van der Waals surface area contributed by atoms with Crippen LogP contribution in [0.15, 0.2) is 30.4 Å². The van der Waals surface area contributed by atoms with E-state index in [4.69, 9.17) is 11.6 Å². The predicted molar refractivity (Wildman–Crippen MR) is 78.0 cm³/mol. The number of halogens is 2. The van der Waals surface area contributed by atoms with Crippen LogP contribution in [0.4, 0.5) is 4.39 Å². The van der Waals surface area contributed by atoms with Gasteiger partial charge in [0.25, 0.3) is 0 Å². The number of rotatable bonds is 4. The Bertz CT molecular complexity index is 455. The van der Waals surface area contributed by atoms with Crippen LogP contribution >= 0.6 is 11.6 Å². The highest BCUT2D eigenvalue weighted by Gasteiger charge is 2.22. The van der Waals surface area contributed by atoms with E-state index in [1.807, 2.05) is 13.0 Å². The third kappa shape index (κ3) is 3.78. The zero-order valence-electron chi connectivity index (χ0n) is 11.3. The Hall–Kier alpha value is -0.900. The first-order chi connectivity index (χ1) is 9.08. The minimum Gasteiger partial charge on any atom is -0.314 e. The number of piperazine rings is 1. The molecule has 1 aliphatic rings. The smallest absolute Gasteiger partial charge is 0.141 e. The molecule has 1 N–H and O–H groups in total. The zero-order chi connectivity index (χ0) is 13.8. The fourth-order valence-corrected chi connectivity index (χ4v) is 2.69. The molecule has 0 aliphatic carbocycles. The molecule has 1 fully saturated rings. The van der Waals surface area contributed by atoms with Crippen molar-refractivity contribution in [3.05, 3.63) is 46.8 Å². The van der Waals surface area contributed by atoms with Crippen molar-refractivity contribution in [2.45, 2.75) is 19.4 Å². The Kier molecular flexibility index (Phi) is 4.97. The van der Waals surface area contributed by atoms with Crippen molar-refractivity contribution in [1.82, 2.24) is 10.2 Å². The Morgan fingerprint density at radius 1 is 1.47 bits per heavy atom. The lowest BCUT2D eigenvalue weighted by molar-refractivity contribution is 0.172. The third-order valence-electron chi connectivity index (χ3n) is 3.46. The SMILES string of the molecule is C=C(C)C[C@H](c1ccc(F)c(Cl)c1)N1CCNCC1. The van der Waals surface area contributed by atoms with Gasteiger partial charge in [-0.3, -0.25) is 4.90 Å². The van der Waals surface area contributed by atoms with Crippen molar-refractivity contribution in [1.29, 1.82) is 0 Å².